The number of hydrogen-bond donors (Lipinski definition) is 2. The molecule has 17 heavy (non-hydrogen) atoms. The molecular weight excluding hydrogens is 238 g/mol. The van der Waals surface area contributed by atoms with Gasteiger partial charge in [0.25, 0.3) is 0 Å². The molecule has 1 fully saturated rings. The third-order valence-corrected chi connectivity index (χ3v) is 3.33. The molecule has 0 atom stereocenters. The lowest BCUT2D eigenvalue weighted by Gasteiger charge is -2.14. The maximum absolute atomic E-state index is 5.98. The van der Waals surface area contributed by atoms with E-state index >= 15 is 0 Å². The van der Waals surface area contributed by atoms with Gasteiger partial charge in [0.05, 0.1) is 0 Å². The predicted molar refractivity (Wildman–Crippen MR) is 70.2 cm³/mol. The van der Waals surface area contributed by atoms with E-state index in [4.69, 9.17) is 17.3 Å². The predicted octanol–water partition coefficient (Wildman–Crippen LogP) is 1.61. The number of nitrogens with two attached hydrogens (primary N) is 1. The highest BCUT2D eigenvalue weighted by Gasteiger charge is 2.10. The molecule has 1 aromatic rings. The molecule has 0 spiro atoms. The summed E-state index contributed by atoms with van der Waals surface area (Å²) in [6.45, 7) is 4.46. The average molecular weight is 256 g/mol. The van der Waals surface area contributed by atoms with Crippen LogP contribution in [0.3, 0.4) is 0 Å². The second-order valence-corrected chi connectivity index (χ2v) is 4.63. The largest absolute Gasteiger partial charge is 0.382 e. The molecule has 94 valence electrons. The van der Waals surface area contributed by atoms with E-state index in [2.05, 4.69) is 20.2 Å². The van der Waals surface area contributed by atoms with Gasteiger partial charge in [-0.05, 0) is 38.9 Å². The SMILES string of the molecule is Nc1ncnc(NCCCN2CCCC2)c1Cl. The van der Waals surface area contributed by atoms with Crippen LogP contribution >= 0.6 is 11.6 Å². The first-order valence-electron chi connectivity index (χ1n) is 5.99. The van der Waals surface area contributed by atoms with Gasteiger partial charge in [-0.2, -0.15) is 0 Å². The Bertz CT molecular complexity index is 365. The zero-order chi connectivity index (χ0) is 12.1. The average Bonchev–Trinajstić information content (AvgIpc) is 2.83. The van der Waals surface area contributed by atoms with Crippen molar-refractivity contribution in [3.05, 3.63) is 11.3 Å². The van der Waals surface area contributed by atoms with Crippen molar-refractivity contribution in [3.8, 4) is 0 Å². The number of rotatable bonds is 5. The van der Waals surface area contributed by atoms with Gasteiger partial charge >= 0.3 is 0 Å². The van der Waals surface area contributed by atoms with Crippen LogP contribution in [0.15, 0.2) is 6.33 Å². The molecule has 1 aliphatic rings. The molecule has 0 radical (unpaired) electrons. The first kappa shape index (κ1) is 12.4. The van der Waals surface area contributed by atoms with Gasteiger partial charge in [-0.3, -0.25) is 0 Å². The van der Waals surface area contributed by atoms with Crippen molar-refractivity contribution >= 4 is 23.2 Å². The molecule has 1 saturated heterocycles. The fraction of sp³-hybridized carbons (Fsp3) is 0.636. The van der Waals surface area contributed by atoms with Gasteiger partial charge in [0.1, 0.15) is 23.0 Å². The summed E-state index contributed by atoms with van der Waals surface area (Å²) in [6, 6.07) is 0. The molecule has 0 amide bonds. The zero-order valence-electron chi connectivity index (χ0n) is 9.82. The third kappa shape index (κ3) is 3.44. The minimum Gasteiger partial charge on any atom is -0.382 e. The van der Waals surface area contributed by atoms with E-state index in [1.807, 2.05) is 0 Å². The first-order chi connectivity index (χ1) is 8.27. The molecule has 1 aliphatic heterocycles. The standard InChI is InChI=1S/C11H18ClN5/c12-9-10(13)15-8-16-11(9)14-4-3-7-17-5-1-2-6-17/h8H,1-7H2,(H3,13,14,15,16). The second-order valence-electron chi connectivity index (χ2n) is 4.25. The van der Waals surface area contributed by atoms with Crippen molar-refractivity contribution in [2.45, 2.75) is 19.3 Å². The molecule has 2 heterocycles. The Morgan fingerprint density at radius 1 is 1.35 bits per heavy atom. The molecule has 5 nitrogen and oxygen atoms in total. The van der Waals surface area contributed by atoms with Gasteiger partial charge in [0.2, 0.25) is 0 Å². The van der Waals surface area contributed by atoms with Gasteiger partial charge in [-0.15, -0.1) is 0 Å². The van der Waals surface area contributed by atoms with Crippen LogP contribution in [-0.4, -0.2) is 41.0 Å². The number of nitrogen functional groups attached to an aromatic ring is 1. The summed E-state index contributed by atoms with van der Waals surface area (Å²) < 4.78 is 0. The maximum Gasteiger partial charge on any atom is 0.150 e. The van der Waals surface area contributed by atoms with E-state index in [1.165, 1.54) is 32.3 Å². The summed E-state index contributed by atoms with van der Waals surface area (Å²) in [5.41, 5.74) is 5.59. The molecule has 0 aromatic carbocycles. The van der Waals surface area contributed by atoms with E-state index < -0.39 is 0 Å². The van der Waals surface area contributed by atoms with Crippen molar-refractivity contribution < 1.29 is 0 Å². The van der Waals surface area contributed by atoms with Crippen LogP contribution in [0.1, 0.15) is 19.3 Å². The number of likely N-dealkylation sites (tertiary alicyclic amines) is 1. The van der Waals surface area contributed by atoms with Crippen LogP contribution in [-0.2, 0) is 0 Å². The number of anilines is 2. The Morgan fingerprint density at radius 2 is 2.12 bits per heavy atom. The lowest BCUT2D eigenvalue weighted by Crippen LogP contribution is -2.22. The van der Waals surface area contributed by atoms with E-state index in [0.29, 0.717) is 16.7 Å². The third-order valence-electron chi connectivity index (χ3n) is 2.96. The summed E-state index contributed by atoms with van der Waals surface area (Å²) >= 11 is 5.98. The quantitative estimate of drug-likeness (QED) is 0.783. The summed E-state index contributed by atoms with van der Waals surface area (Å²) in [5.74, 6) is 0.948. The van der Waals surface area contributed by atoms with Crippen molar-refractivity contribution in [2.24, 2.45) is 0 Å². The number of aromatic nitrogens is 2. The van der Waals surface area contributed by atoms with Crippen LogP contribution in [0.5, 0.6) is 0 Å². The molecule has 6 heteroatoms. The van der Waals surface area contributed by atoms with Gasteiger partial charge in [-0.25, -0.2) is 9.97 Å². The molecular formula is C11H18ClN5. The molecule has 0 saturated carbocycles. The lowest BCUT2D eigenvalue weighted by atomic mass is 10.4. The highest BCUT2D eigenvalue weighted by Crippen LogP contribution is 2.22. The summed E-state index contributed by atoms with van der Waals surface area (Å²) in [4.78, 5) is 10.4. The fourth-order valence-electron chi connectivity index (χ4n) is 2.02. The Hall–Kier alpha value is -1.07. The van der Waals surface area contributed by atoms with Gasteiger partial charge in [-0.1, -0.05) is 11.6 Å². The van der Waals surface area contributed by atoms with Crippen molar-refractivity contribution in [1.29, 1.82) is 0 Å². The van der Waals surface area contributed by atoms with Crippen LogP contribution in [0.4, 0.5) is 11.6 Å². The Kier molecular flexibility index (Phi) is 4.39. The maximum atomic E-state index is 5.98. The van der Waals surface area contributed by atoms with E-state index in [0.717, 1.165) is 19.5 Å². The number of halogens is 1. The molecule has 2 rings (SSSR count). The van der Waals surface area contributed by atoms with Crippen LogP contribution < -0.4 is 11.1 Å². The normalized spacial score (nSPS) is 16.3. The van der Waals surface area contributed by atoms with Crippen molar-refractivity contribution in [2.75, 3.05) is 37.2 Å². The Morgan fingerprint density at radius 3 is 2.88 bits per heavy atom. The van der Waals surface area contributed by atoms with Gasteiger partial charge in [0.15, 0.2) is 0 Å². The molecule has 1 aromatic heterocycles. The molecule has 0 bridgehead atoms. The van der Waals surface area contributed by atoms with E-state index in [1.54, 1.807) is 0 Å². The van der Waals surface area contributed by atoms with Crippen molar-refractivity contribution in [1.82, 2.24) is 14.9 Å². The van der Waals surface area contributed by atoms with E-state index in [9.17, 15) is 0 Å². The number of hydrogen-bond acceptors (Lipinski definition) is 5. The number of nitrogens with one attached hydrogen (secondary N) is 1. The smallest absolute Gasteiger partial charge is 0.150 e. The summed E-state index contributed by atoms with van der Waals surface area (Å²) in [5, 5.41) is 3.60. The van der Waals surface area contributed by atoms with E-state index in [-0.39, 0.29) is 0 Å². The van der Waals surface area contributed by atoms with Crippen LogP contribution in [0.25, 0.3) is 0 Å². The molecule has 0 aliphatic carbocycles. The first-order valence-corrected chi connectivity index (χ1v) is 6.37. The lowest BCUT2D eigenvalue weighted by molar-refractivity contribution is 0.337. The highest BCUT2D eigenvalue weighted by molar-refractivity contribution is 6.35. The summed E-state index contributed by atoms with van der Waals surface area (Å²) in [7, 11) is 0. The van der Waals surface area contributed by atoms with Crippen LogP contribution in [0, 0.1) is 0 Å². The minimum atomic E-state index is 0.323. The molecule has 3 N–H and O–H groups in total. The minimum absolute atomic E-state index is 0.323. The Balaban J connectivity index is 1.72. The molecule has 0 unspecified atom stereocenters. The fourth-order valence-corrected chi connectivity index (χ4v) is 2.19. The summed E-state index contributed by atoms with van der Waals surface area (Å²) in [6.07, 6.45) is 5.17. The van der Waals surface area contributed by atoms with Gasteiger partial charge < -0.3 is 16.0 Å². The zero-order valence-corrected chi connectivity index (χ0v) is 10.6. The second kappa shape index (κ2) is 6.02. The Labute approximate surface area is 106 Å². The highest BCUT2D eigenvalue weighted by atomic mass is 35.5. The van der Waals surface area contributed by atoms with Gasteiger partial charge in [0, 0.05) is 6.54 Å². The number of nitrogens with zero attached hydrogens (tertiary/aromatic N) is 3. The monoisotopic (exact) mass is 255 g/mol. The topological polar surface area (TPSA) is 67.1 Å². The van der Waals surface area contributed by atoms with Crippen molar-refractivity contribution in [3.63, 3.8) is 0 Å². The van der Waals surface area contributed by atoms with Crippen LogP contribution in [0.2, 0.25) is 5.02 Å².